The van der Waals surface area contributed by atoms with Crippen LogP contribution in [0.3, 0.4) is 0 Å². The lowest BCUT2D eigenvalue weighted by molar-refractivity contribution is 0.103. The summed E-state index contributed by atoms with van der Waals surface area (Å²) in [7, 11) is -1.09. The second kappa shape index (κ2) is 9.41. The molecule has 1 atom stereocenters. The van der Waals surface area contributed by atoms with Gasteiger partial charge in [0.05, 0.1) is 14.2 Å². The maximum atomic E-state index is 14.1. The molecule has 0 heterocycles. The molecule has 1 unspecified atom stereocenters. The summed E-state index contributed by atoms with van der Waals surface area (Å²) in [4.78, 5) is 27.2. The lowest BCUT2D eigenvalue weighted by Gasteiger charge is -2.21. The van der Waals surface area contributed by atoms with Crippen LogP contribution in [-0.2, 0) is 4.57 Å². The lowest BCUT2D eigenvalue weighted by Crippen LogP contribution is -2.17. The minimum atomic E-state index is -3.95. The van der Waals surface area contributed by atoms with Crippen LogP contribution in [0.4, 0.5) is 0 Å². The van der Waals surface area contributed by atoms with Gasteiger partial charge < -0.3 is 14.0 Å². The van der Waals surface area contributed by atoms with Crippen molar-refractivity contribution >= 4 is 18.2 Å². The molecule has 5 nitrogen and oxygen atoms in total. The molecule has 0 saturated heterocycles. The third-order valence-electron chi connectivity index (χ3n) is 5.02. The van der Waals surface area contributed by atoms with Gasteiger partial charge in [-0.3, -0.25) is 9.59 Å². The quantitative estimate of drug-likeness (QED) is 0.485. The molecule has 0 fully saturated rings. The zero-order valence-electron chi connectivity index (χ0n) is 18.0. The van der Waals surface area contributed by atoms with Crippen LogP contribution in [0.15, 0.2) is 30.3 Å². The van der Waals surface area contributed by atoms with Crippen molar-refractivity contribution in [3.05, 3.63) is 58.1 Å². The summed E-state index contributed by atoms with van der Waals surface area (Å²) in [6.07, 6.45) is 1.25. The standard InChI is InChI=1S/C23H29O5P/c1-7-8-12-29(26,22(24)20-16(3)13-15(2)14-17(20)4)23(25)21-18(27-5)10-9-11-19(21)28-6/h9-11,13-14H,7-8,12H2,1-6H3. The highest BCUT2D eigenvalue weighted by molar-refractivity contribution is 7.95. The van der Waals surface area contributed by atoms with Gasteiger partial charge in [0.15, 0.2) is 0 Å². The maximum Gasteiger partial charge on any atom is 0.236 e. The minimum Gasteiger partial charge on any atom is -0.496 e. The van der Waals surface area contributed by atoms with E-state index in [1.807, 2.05) is 39.8 Å². The number of ether oxygens (including phenoxy) is 2. The first kappa shape index (κ1) is 22.9. The van der Waals surface area contributed by atoms with Gasteiger partial charge in [-0.05, 0) is 50.5 Å². The topological polar surface area (TPSA) is 69.7 Å². The second-order valence-electron chi connectivity index (χ2n) is 7.24. The van der Waals surface area contributed by atoms with Gasteiger partial charge in [-0.1, -0.05) is 37.1 Å². The van der Waals surface area contributed by atoms with Gasteiger partial charge >= 0.3 is 0 Å². The van der Waals surface area contributed by atoms with E-state index in [2.05, 4.69) is 0 Å². The summed E-state index contributed by atoms with van der Waals surface area (Å²) in [5.41, 5.74) is 1.61. The molecular formula is C23H29O5P. The largest absolute Gasteiger partial charge is 0.496 e. The SMILES string of the molecule is CCCCP(=O)(C(=O)c1c(C)cc(C)cc1C)C(=O)c1c(OC)cccc1OC. The minimum absolute atomic E-state index is 0.0229. The highest BCUT2D eigenvalue weighted by Crippen LogP contribution is 2.55. The third kappa shape index (κ3) is 4.45. The van der Waals surface area contributed by atoms with Gasteiger partial charge in [0.25, 0.3) is 0 Å². The number of carbonyl (C=O) groups is 2. The van der Waals surface area contributed by atoms with Crippen LogP contribution in [0.25, 0.3) is 0 Å². The number of benzene rings is 2. The fourth-order valence-corrected chi connectivity index (χ4v) is 6.26. The fourth-order valence-electron chi connectivity index (χ4n) is 3.62. The Kier molecular flexibility index (Phi) is 7.43. The molecule has 0 amide bonds. The molecule has 2 aromatic rings. The molecular weight excluding hydrogens is 387 g/mol. The number of methoxy groups -OCH3 is 2. The van der Waals surface area contributed by atoms with Crippen LogP contribution in [0.5, 0.6) is 11.5 Å². The summed E-state index contributed by atoms with van der Waals surface area (Å²) < 4.78 is 24.7. The molecule has 0 aliphatic rings. The van der Waals surface area contributed by atoms with Gasteiger partial charge in [-0.15, -0.1) is 0 Å². The van der Waals surface area contributed by atoms with Crippen LogP contribution >= 0.6 is 7.14 Å². The number of aryl methyl sites for hydroxylation is 3. The van der Waals surface area contributed by atoms with Crippen molar-refractivity contribution in [3.8, 4) is 11.5 Å². The number of carbonyl (C=O) groups excluding carboxylic acids is 2. The van der Waals surface area contributed by atoms with E-state index in [9.17, 15) is 14.2 Å². The van der Waals surface area contributed by atoms with Crippen molar-refractivity contribution < 1.29 is 23.6 Å². The Morgan fingerprint density at radius 2 is 1.38 bits per heavy atom. The second-order valence-corrected chi connectivity index (χ2v) is 9.98. The zero-order valence-corrected chi connectivity index (χ0v) is 18.9. The molecule has 2 aromatic carbocycles. The number of hydrogen-bond donors (Lipinski definition) is 0. The Morgan fingerprint density at radius 1 is 0.897 bits per heavy atom. The summed E-state index contributed by atoms with van der Waals surface area (Å²) in [5.74, 6) is 0.493. The number of hydrogen-bond acceptors (Lipinski definition) is 5. The Labute approximate surface area is 172 Å². The molecule has 0 saturated carbocycles. The lowest BCUT2D eigenvalue weighted by atomic mass is 10.0. The first-order valence-corrected chi connectivity index (χ1v) is 11.6. The van der Waals surface area contributed by atoms with Crippen molar-refractivity contribution in [1.29, 1.82) is 0 Å². The van der Waals surface area contributed by atoms with E-state index in [1.165, 1.54) is 14.2 Å². The first-order valence-electron chi connectivity index (χ1n) is 9.68. The van der Waals surface area contributed by atoms with Crippen LogP contribution < -0.4 is 9.47 Å². The highest BCUT2D eigenvalue weighted by Gasteiger charge is 2.43. The molecule has 0 radical (unpaired) electrons. The third-order valence-corrected chi connectivity index (χ3v) is 7.72. The van der Waals surface area contributed by atoms with Crippen molar-refractivity contribution in [3.63, 3.8) is 0 Å². The molecule has 0 aromatic heterocycles. The van der Waals surface area contributed by atoms with Crippen molar-refractivity contribution in [2.45, 2.75) is 40.5 Å². The van der Waals surface area contributed by atoms with Gasteiger partial charge in [-0.2, -0.15) is 0 Å². The molecule has 0 aliphatic carbocycles. The van der Waals surface area contributed by atoms with Gasteiger partial charge in [0.1, 0.15) is 17.1 Å². The summed E-state index contributed by atoms with van der Waals surface area (Å²) in [6, 6.07) is 8.64. The van der Waals surface area contributed by atoms with E-state index in [1.54, 1.807) is 18.2 Å². The van der Waals surface area contributed by atoms with Crippen molar-refractivity contribution in [1.82, 2.24) is 0 Å². The molecule has 0 aliphatic heterocycles. The van der Waals surface area contributed by atoms with Crippen LogP contribution in [0.2, 0.25) is 0 Å². The van der Waals surface area contributed by atoms with Crippen molar-refractivity contribution in [2.24, 2.45) is 0 Å². The molecule has 29 heavy (non-hydrogen) atoms. The molecule has 6 heteroatoms. The smallest absolute Gasteiger partial charge is 0.236 e. The summed E-state index contributed by atoms with van der Waals surface area (Å²) >= 11 is 0. The molecule has 0 bridgehead atoms. The average molecular weight is 416 g/mol. The van der Waals surface area contributed by atoms with Crippen LogP contribution in [0.1, 0.15) is 57.2 Å². The van der Waals surface area contributed by atoms with Gasteiger partial charge in [0.2, 0.25) is 18.2 Å². The Balaban J connectivity index is 2.70. The predicted molar refractivity (Wildman–Crippen MR) is 116 cm³/mol. The number of unbranched alkanes of at least 4 members (excludes halogenated alkanes) is 1. The van der Waals surface area contributed by atoms with E-state index >= 15 is 0 Å². The highest BCUT2D eigenvalue weighted by atomic mass is 31.2. The number of rotatable bonds is 9. The summed E-state index contributed by atoms with van der Waals surface area (Å²) in [6.45, 7) is 7.50. The van der Waals surface area contributed by atoms with Crippen LogP contribution in [-0.4, -0.2) is 31.4 Å². The van der Waals surface area contributed by atoms with Crippen LogP contribution in [0, 0.1) is 20.8 Å². The van der Waals surface area contributed by atoms with E-state index in [0.29, 0.717) is 12.0 Å². The first-order chi connectivity index (χ1) is 13.7. The summed E-state index contributed by atoms with van der Waals surface area (Å²) in [5, 5.41) is 0. The van der Waals surface area contributed by atoms with E-state index < -0.39 is 18.2 Å². The van der Waals surface area contributed by atoms with E-state index in [-0.39, 0.29) is 23.2 Å². The molecule has 0 N–H and O–H groups in total. The molecule has 0 spiro atoms. The van der Waals surface area contributed by atoms with E-state index in [4.69, 9.17) is 9.47 Å². The fraction of sp³-hybridized carbons (Fsp3) is 0.391. The normalized spacial score (nSPS) is 12.9. The molecule has 2 rings (SSSR count). The van der Waals surface area contributed by atoms with E-state index in [0.717, 1.165) is 23.1 Å². The van der Waals surface area contributed by atoms with Gasteiger partial charge in [0, 0.05) is 11.7 Å². The van der Waals surface area contributed by atoms with Crippen molar-refractivity contribution in [2.75, 3.05) is 20.4 Å². The Morgan fingerprint density at radius 3 is 1.83 bits per heavy atom. The Bertz CT molecular complexity index is 932. The average Bonchev–Trinajstić information content (AvgIpc) is 2.69. The Hall–Kier alpha value is -2.39. The maximum absolute atomic E-state index is 14.1. The predicted octanol–water partition coefficient (Wildman–Crippen LogP) is 5.77. The monoisotopic (exact) mass is 416 g/mol. The zero-order chi connectivity index (χ0) is 21.8. The van der Waals surface area contributed by atoms with Gasteiger partial charge in [-0.25, -0.2) is 0 Å². The molecule has 156 valence electrons.